The number of hydrogen-bond acceptors (Lipinski definition) is 6. The highest BCUT2D eigenvalue weighted by Gasteiger charge is 2.28. The van der Waals surface area contributed by atoms with Gasteiger partial charge in [-0.2, -0.15) is 0 Å². The number of aryl methyl sites for hydroxylation is 1. The first-order valence-electron chi connectivity index (χ1n) is 11.7. The number of anilines is 2. The van der Waals surface area contributed by atoms with Gasteiger partial charge in [0.1, 0.15) is 5.00 Å². The van der Waals surface area contributed by atoms with Crippen LogP contribution in [-0.4, -0.2) is 33.2 Å². The number of thiophene rings is 1. The Morgan fingerprint density at radius 3 is 2.32 bits per heavy atom. The molecule has 0 saturated carbocycles. The molecular formula is C26H26Cl2N2O5S2. The van der Waals surface area contributed by atoms with Crippen LogP contribution in [0.2, 0.25) is 10.0 Å². The molecule has 1 N–H and O–H groups in total. The molecule has 1 aliphatic carbocycles. The summed E-state index contributed by atoms with van der Waals surface area (Å²) in [7, 11) is -3.69. The second-order valence-electron chi connectivity index (χ2n) is 8.61. The predicted octanol–water partition coefficient (Wildman–Crippen LogP) is 6.33. The minimum absolute atomic E-state index is 0.0630. The molecule has 1 amide bonds. The number of halogens is 2. The van der Waals surface area contributed by atoms with Gasteiger partial charge in [0.2, 0.25) is 10.0 Å². The van der Waals surface area contributed by atoms with E-state index in [1.807, 2.05) is 0 Å². The molecule has 3 aromatic rings. The topological polar surface area (TPSA) is 92.8 Å². The van der Waals surface area contributed by atoms with Crippen molar-refractivity contribution in [2.24, 2.45) is 0 Å². The van der Waals surface area contributed by atoms with E-state index < -0.39 is 21.9 Å². The van der Waals surface area contributed by atoms with Crippen molar-refractivity contribution in [3.8, 4) is 0 Å². The molecule has 0 spiro atoms. The van der Waals surface area contributed by atoms with Crippen molar-refractivity contribution in [2.45, 2.75) is 39.2 Å². The summed E-state index contributed by atoms with van der Waals surface area (Å²) < 4.78 is 31.6. The van der Waals surface area contributed by atoms with Gasteiger partial charge < -0.3 is 10.1 Å². The molecule has 196 valence electrons. The third kappa shape index (κ3) is 6.12. The molecule has 4 rings (SSSR count). The summed E-state index contributed by atoms with van der Waals surface area (Å²) >= 11 is 13.9. The number of nitrogens with zero attached hydrogens (tertiary/aromatic N) is 1. The van der Waals surface area contributed by atoms with Crippen LogP contribution in [0.5, 0.6) is 0 Å². The smallest absolute Gasteiger partial charge is 0.341 e. The summed E-state index contributed by atoms with van der Waals surface area (Å²) in [4.78, 5) is 26.9. The van der Waals surface area contributed by atoms with E-state index in [-0.39, 0.29) is 13.2 Å². The van der Waals surface area contributed by atoms with Gasteiger partial charge in [-0.15, -0.1) is 11.3 Å². The Morgan fingerprint density at radius 1 is 1.05 bits per heavy atom. The number of carbonyl (C=O) groups excluding carboxylic acids is 2. The van der Waals surface area contributed by atoms with Crippen LogP contribution in [0.15, 0.2) is 42.5 Å². The van der Waals surface area contributed by atoms with E-state index in [1.165, 1.54) is 27.8 Å². The fraction of sp³-hybridized carbons (Fsp3) is 0.308. The van der Waals surface area contributed by atoms with Crippen LogP contribution in [0.4, 0.5) is 10.7 Å². The third-order valence-electron chi connectivity index (χ3n) is 6.06. The molecule has 7 nitrogen and oxygen atoms in total. The molecule has 1 heterocycles. The summed E-state index contributed by atoms with van der Waals surface area (Å²) in [5.41, 5.74) is 2.54. The standard InChI is InChI=1S/C26H26Cl2N2O5S2/c1-3-35-26(32)23-18-7-4-5-10-22(18)36-25(23)29-24(31)16-11-13-17(14-12-16)30(37(2,33)34)15-19-20(27)8-6-9-21(19)28/h6,8-9,11-14H,3-5,7,10,15H2,1-2H3,(H,29,31). The molecule has 0 fully saturated rings. The van der Waals surface area contributed by atoms with Crippen molar-refractivity contribution in [1.29, 1.82) is 0 Å². The lowest BCUT2D eigenvalue weighted by molar-refractivity contribution is 0.0526. The van der Waals surface area contributed by atoms with Crippen LogP contribution < -0.4 is 9.62 Å². The first-order chi connectivity index (χ1) is 17.6. The summed E-state index contributed by atoms with van der Waals surface area (Å²) in [5.74, 6) is -0.842. The second-order valence-corrected chi connectivity index (χ2v) is 12.4. The lowest BCUT2D eigenvalue weighted by Gasteiger charge is -2.23. The molecule has 11 heteroatoms. The van der Waals surface area contributed by atoms with Crippen LogP contribution >= 0.6 is 34.5 Å². The normalized spacial score (nSPS) is 13.1. The molecule has 1 aromatic heterocycles. The van der Waals surface area contributed by atoms with Crippen molar-refractivity contribution >= 4 is 67.1 Å². The maximum absolute atomic E-state index is 13.1. The zero-order valence-electron chi connectivity index (χ0n) is 20.3. The van der Waals surface area contributed by atoms with E-state index in [0.29, 0.717) is 37.4 Å². The third-order valence-corrected chi connectivity index (χ3v) is 9.12. The number of rotatable bonds is 8. The molecular weight excluding hydrogens is 555 g/mol. The summed E-state index contributed by atoms with van der Waals surface area (Å²) in [5, 5.41) is 4.06. The average molecular weight is 582 g/mol. The van der Waals surface area contributed by atoms with E-state index in [2.05, 4.69) is 5.32 Å². The number of nitrogens with one attached hydrogen (secondary N) is 1. The van der Waals surface area contributed by atoms with E-state index >= 15 is 0 Å². The number of esters is 1. The van der Waals surface area contributed by atoms with Gasteiger partial charge in [0.05, 0.1) is 30.7 Å². The highest BCUT2D eigenvalue weighted by Crippen LogP contribution is 2.39. The fourth-order valence-electron chi connectivity index (χ4n) is 4.25. The molecule has 2 aromatic carbocycles. The number of benzene rings is 2. The Bertz CT molecular complexity index is 1420. The minimum Gasteiger partial charge on any atom is -0.462 e. The Balaban J connectivity index is 1.59. The monoisotopic (exact) mass is 580 g/mol. The number of carbonyl (C=O) groups is 2. The van der Waals surface area contributed by atoms with E-state index in [0.717, 1.165) is 42.4 Å². The number of amides is 1. The number of fused-ring (bicyclic) bond motifs is 1. The Labute approximate surface area is 230 Å². The molecule has 0 aliphatic heterocycles. The lowest BCUT2D eigenvalue weighted by atomic mass is 9.95. The van der Waals surface area contributed by atoms with Crippen molar-refractivity contribution in [1.82, 2.24) is 0 Å². The molecule has 0 radical (unpaired) electrons. The van der Waals surface area contributed by atoms with Gasteiger partial charge in [-0.1, -0.05) is 29.3 Å². The van der Waals surface area contributed by atoms with Crippen molar-refractivity contribution in [3.63, 3.8) is 0 Å². The highest BCUT2D eigenvalue weighted by atomic mass is 35.5. The molecule has 0 atom stereocenters. The first-order valence-corrected chi connectivity index (χ1v) is 15.2. The second kappa shape index (κ2) is 11.4. The Hall–Kier alpha value is -2.59. The van der Waals surface area contributed by atoms with Gasteiger partial charge in [0, 0.05) is 26.0 Å². The molecule has 37 heavy (non-hydrogen) atoms. The van der Waals surface area contributed by atoms with Crippen LogP contribution in [0.1, 0.15) is 56.5 Å². The number of ether oxygens (including phenoxy) is 1. The molecule has 0 saturated heterocycles. The zero-order valence-corrected chi connectivity index (χ0v) is 23.5. The lowest BCUT2D eigenvalue weighted by Crippen LogP contribution is -2.29. The average Bonchev–Trinajstić information content (AvgIpc) is 3.21. The van der Waals surface area contributed by atoms with E-state index in [4.69, 9.17) is 27.9 Å². The first kappa shape index (κ1) is 27.4. The van der Waals surface area contributed by atoms with Crippen LogP contribution in [0.25, 0.3) is 0 Å². The fourth-order valence-corrected chi connectivity index (χ4v) is 6.91. The van der Waals surface area contributed by atoms with Crippen molar-refractivity contribution in [2.75, 3.05) is 22.5 Å². The Kier molecular flexibility index (Phi) is 8.48. The van der Waals surface area contributed by atoms with Gasteiger partial charge in [-0.3, -0.25) is 9.10 Å². The van der Waals surface area contributed by atoms with E-state index in [1.54, 1.807) is 37.3 Å². The van der Waals surface area contributed by atoms with Gasteiger partial charge in [0.25, 0.3) is 5.91 Å². The van der Waals surface area contributed by atoms with Crippen molar-refractivity contribution in [3.05, 3.63) is 79.6 Å². The quantitative estimate of drug-likeness (QED) is 0.314. The largest absolute Gasteiger partial charge is 0.462 e. The number of sulfonamides is 1. The van der Waals surface area contributed by atoms with Gasteiger partial charge in [-0.25, -0.2) is 13.2 Å². The summed E-state index contributed by atoms with van der Waals surface area (Å²) in [6, 6.07) is 11.1. The zero-order chi connectivity index (χ0) is 26.7. The molecule has 0 bridgehead atoms. The van der Waals surface area contributed by atoms with Gasteiger partial charge >= 0.3 is 5.97 Å². The van der Waals surface area contributed by atoms with Crippen LogP contribution in [0.3, 0.4) is 0 Å². The minimum atomic E-state index is -3.69. The van der Waals surface area contributed by atoms with Crippen molar-refractivity contribution < 1.29 is 22.7 Å². The van der Waals surface area contributed by atoms with Crippen LogP contribution in [-0.2, 0) is 34.1 Å². The highest BCUT2D eigenvalue weighted by molar-refractivity contribution is 7.92. The number of hydrogen-bond donors (Lipinski definition) is 1. The summed E-state index contributed by atoms with van der Waals surface area (Å²) in [6.45, 7) is 1.93. The SMILES string of the molecule is CCOC(=O)c1c(NC(=O)c2ccc(N(Cc3c(Cl)cccc3Cl)S(C)(=O)=O)cc2)sc2c1CCCC2. The molecule has 1 aliphatic rings. The summed E-state index contributed by atoms with van der Waals surface area (Å²) in [6.07, 6.45) is 4.77. The Morgan fingerprint density at radius 2 is 1.70 bits per heavy atom. The van der Waals surface area contributed by atoms with Gasteiger partial charge in [-0.05, 0) is 74.6 Å². The van der Waals surface area contributed by atoms with Gasteiger partial charge in [0.15, 0.2) is 0 Å². The van der Waals surface area contributed by atoms with E-state index in [9.17, 15) is 18.0 Å². The van der Waals surface area contributed by atoms with Crippen LogP contribution in [0, 0.1) is 0 Å². The maximum Gasteiger partial charge on any atom is 0.341 e. The molecule has 0 unspecified atom stereocenters. The maximum atomic E-state index is 13.1. The predicted molar refractivity (Wildman–Crippen MR) is 149 cm³/mol.